The summed E-state index contributed by atoms with van der Waals surface area (Å²) in [6.07, 6.45) is 3.05. The Kier molecular flexibility index (Phi) is 5.27. The zero-order valence-corrected chi connectivity index (χ0v) is 13.5. The number of aromatic nitrogens is 3. The molecule has 0 saturated heterocycles. The second-order valence-corrected chi connectivity index (χ2v) is 5.72. The summed E-state index contributed by atoms with van der Waals surface area (Å²) in [5.74, 6) is 1.56. The Hall–Kier alpha value is -1.01. The van der Waals surface area contributed by atoms with Crippen LogP contribution >= 0.6 is 27.3 Å². The third-order valence-electron chi connectivity index (χ3n) is 2.61. The molecule has 0 aliphatic rings. The van der Waals surface area contributed by atoms with Crippen LogP contribution in [0.5, 0.6) is 0 Å². The van der Waals surface area contributed by atoms with Gasteiger partial charge in [-0.1, -0.05) is 20.3 Å². The van der Waals surface area contributed by atoms with Crippen LogP contribution in [0.4, 0.5) is 5.82 Å². The monoisotopic (exact) mass is 340 g/mol. The number of thiazole rings is 1. The van der Waals surface area contributed by atoms with Gasteiger partial charge in [-0.3, -0.25) is 0 Å². The molecule has 0 aliphatic carbocycles. The molecule has 0 fully saturated rings. The molecule has 0 bridgehead atoms. The van der Waals surface area contributed by atoms with Crippen molar-refractivity contribution in [2.45, 2.75) is 33.1 Å². The van der Waals surface area contributed by atoms with Crippen molar-refractivity contribution in [3.05, 3.63) is 21.1 Å². The summed E-state index contributed by atoms with van der Waals surface area (Å²) < 4.78 is 0.974. The van der Waals surface area contributed by atoms with Gasteiger partial charge < -0.3 is 5.32 Å². The number of hydrogen-bond acceptors (Lipinski definition) is 5. The Morgan fingerprint density at radius 2 is 2.11 bits per heavy atom. The van der Waals surface area contributed by atoms with Crippen LogP contribution < -0.4 is 5.32 Å². The van der Waals surface area contributed by atoms with E-state index < -0.39 is 0 Å². The summed E-state index contributed by atoms with van der Waals surface area (Å²) >= 11 is 5.16. The Balaban J connectivity index is 2.41. The van der Waals surface area contributed by atoms with Gasteiger partial charge in [0, 0.05) is 11.9 Å². The largest absolute Gasteiger partial charge is 0.369 e. The second-order valence-electron chi connectivity index (χ2n) is 4.21. The predicted molar refractivity (Wildman–Crippen MR) is 83.6 cm³/mol. The van der Waals surface area contributed by atoms with Crippen LogP contribution in [0.3, 0.4) is 0 Å². The average molecular weight is 341 g/mol. The molecule has 1 N–H and O–H groups in total. The van der Waals surface area contributed by atoms with Gasteiger partial charge in [-0.15, -0.1) is 11.3 Å². The highest BCUT2D eigenvalue weighted by Crippen LogP contribution is 2.28. The third-order valence-corrected chi connectivity index (χ3v) is 4.03. The molecule has 2 rings (SSSR count). The smallest absolute Gasteiger partial charge is 0.181 e. The molecule has 2 aromatic heterocycles. The number of halogens is 1. The van der Waals surface area contributed by atoms with E-state index in [2.05, 4.69) is 50.0 Å². The van der Waals surface area contributed by atoms with E-state index in [4.69, 9.17) is 0 Å². The lowest BCUT2D eigenvalue weighted by molar-refractivity contribution is 0.863. The summed E-state index contributed by atoms with van der Waals surface area (Å²) in [7, 11) is 0. The van der Waals surface area contributed by atoms with Crippen molar-refractivity contribution >= 4 is 33.1 Å². The van der Waals surface area contributed by atoms with Gasteiger partial charge in [-0.2, -0.15) is 0 Å². The normalized spacial score (nSPS) is 10.7. The van der Waals surface area contributed by atoms with Gasteiger partial charge in [0.05, 0.1) is 15.7 Å². The number of nitrogens with zero attached hydrogens (tertiary/aromatic N) is 3. The van der Waals surface area contributed by atoms with Gasteiger partial charge in [0.2, 0.25) is 0 Å². The first-order valence-corrected chi connectivity index (χ1v) is 8.18. The highest BCUT2D eigenvalue weighted by molar-refractivity contribution is 9.10. The first kappa shape index (κ1) is 14.4. The molecule has 0 radical (unpaired) electrons. The number of rotatable bonds is 6. The molecule has 0 aromatic carbocycles. The highest BCUT2D eigenvalue weighted by Gasteiger charge is 2.13. The molecule has 102 valence electrons. The second kappa shape index (κ2) is 6.96. The van der Waals surface area contributed by atoms with Crippen LogP contribution in [-0.4, -0.2) is 21.5 Å². The fraction of sp³-hybridized carbons (Fsp3) is 0.462. The number of nitrogens with one attached hydrogen (secondary N) is 1. The minimum absolute atomic E-state index is 0.700. The van der Waals surface area contributed by atoms with Gasteiger partial charge in [-0.05, 0) is 28.8 Å². The van der Waals surface area contributed by atoms with Crippen molar-refractivity contribution < 1.29 is 0 Å². The van der Waals surface area contributed by atoms with Crippen molar-refractivity contribution in [1.29, 1.82) is 0 Å². The SMILES string of the molecule is CCCNc1nc(-c2cscn2)nc(CCC)c1Br. The van der Waals surface area contributed by atoms with Gasteiger partial charge in [-0.25, -0.2) is 15.0 Å². The van der Waals surface area contributed by atoms with Gasteiger partial charge in [0.15, 0.2) is 5.82 Å². The first-order valence-electron chi connectivity index (χ1n) is 6.45. The molecular weight excluding hydrogens is 324 g/mol. The lowest BCUT2D eigenvalue weighted by Crippen LogP contribution is -2.07. The Morgan fingerprint density at radius 3 is 2.74 bits per heavy atom. The molecule has 0 saturated carbocycles. The summed E-state index contributed by atoms with van der Waals surface area (Å²) in [6.45, 7) is 5.18. The molecular formula is C13H17BrN4S. The lowest BCUT2D eigenvalue weighted by atomic mass is 10.2. The molecule has 0 amide bonds. The number of hydrogen-bond donors (Lipinski definition) is 1. The molecule has 19 heavy (non-hydrogen) atoms. The maximum absolute atomic E-state index is 4.62. The molecule has 0 unspecified atom stereocenters. The van der Waals surface area contributed by atoms with Crippen LogP contribution in [0.15, 0.2) is 15.4 Å². The molecule has 6 heteroatoms. The molecule has 0 spiro atoms. The van der Waals surface area contributed by atoms with E-state index in [0.717, 1.165) is 47.5 Å². The molecule has 2 aromatic rings. The predicted octanol–water partition coefficient (Wildman–Crippen LogP) is 4.14. The molecule has 0 atom stereocenters. The molecule has 4 nitrogen and oxygen atoms in total. The minimum Gasteiger partial charge on any atom is -0.369 e. The summed E-state index contributed by atoms with van der Waals surface area (Å²) in [5.41, 5.74) is 3.69. The van der Waals surface area contributed by atoms with Crippen molar-refractivity contribution in [1.82, 2.24) is 15.0 Å². The van der Waals surface area contributed by atoms with Crippen LogP contribution in [0, 0.1) is 0 Å². The highest BCUT2D eigenvalue weighted by atomic mass is 79.9. The fourth-order valence-electron chi connectivity index (χ4n) is 1.69. The Labute approximate surface area is 125 Å². The zero-order chi connectivity index (χ0) is 13.7. The standard InChI is InChI=1S/C13H17BrN4S/c1-3-5-9-11(14)13(15-6-4-2)18-12(17-9)10-7-19-8-16-10/h7-8H,3-6H2,1-2H3,(H,15,17,18). The topological polar surface area (TPSA) is 50.7 Å². The van der Waals surface area contributed by atoms with E-state index in [1.807, 2.05) is 5.38 Å². The average Bonchev–Trinajstić information content (AvgIpc) is 2.94. The Bertz CT molecular complexity index is 528. The summed E-state index contributed by atoms with van der Waals surface area (Å²) in [5, 5.41) is 5.32. The van der Waals surface area contributed by atoms with Gasteiger partial charge in [0.25, 0.3) is 0 Å². The summed E-state index contributed by atoms with van der Waals surface area (Å²) in [6, 6.07) is 0. The summed E-state index contributed by atoms with van der Waals surface area (Å²) in [4.78, 5) is 13.5. The lowest BCUT2D eigenvalue weighted by Gasteiger charge is -2.11. The third kappa shape index (κ3) is 3.51. The molecule has 2 heterocycles. The van der Waals surface area contributed by atoms with E-state index in [1.165, 1.54) is 0 Å². The van der Waals surface area contributed by atoms with Crippen LogP contribution in [-0.2, 0) is 6.42 Å². The first-order chi connectivity index (χ1) is 9.26. The van der Waals surface area contributed by atoms with Crippen molar-refractivity contribution in [2.75, 3.05) is 11.9 Å². The van der Waals surface area contributed by atoms with Gasteiger partial charge >= 0.3 is 0 Å². The number of anilines is 1. The zero-order valence-electron chi connectivity index (χ0n) is 11.1. The molecule has 0 aliphatic heterocycles. The van der Waals surface area contributed by atoms with Crippen LogP contribution in [0.25, 0.3) is 11.5 Å². The minimum atomic E-state index is 0.700. The van der Waals surface area contributed by atoms with E-state index in [9.17, 15) is 0 Å². The maximum atomic E-state index is 4.62. The van der Waals surface area contributed by atoms with E-state index in [0.29, 0.717) is 5.82 Å². The maximum Gasteiger partial charge on any atom is 0.181 e. The fourth-order valence-corrected chi connectivity index (χ4v) is 2.74. The van der Waals surface area contributed by atoms with Crippen molar-refractivity contribution in [3.8, 4) is 11.5 Å². The quantitative estimate of drug-likeness (QED) is 0.858. The number of aryl methyl sites for hydroxylation is 1. The Morgan fingerprint density at radius 1 is 1.26 bits per heavy atom. The van der Waals surface area contributed by atoms with E-state index >= 15 is 0 Å². The van der Waals surface area contributed by atoms with Crippen molar-refractivity contribution in [2.24, 2.45) is 0 Å². The van der Waals surface area contributed by atoms with Crippen LogP contribution in [0.1, 0.15) is 32.4 Å². The van der Waals surface area contributed by atoms with Gasteiger partial charge in [0.1, 0.15) is 11.5 Å². The van der Waals surface area contributed by atoms with E-state index in [1.54, 1.807) is 16.8 Å². The van der Waals surface area contributed by atoms with E-state index in [-0.39, 0.29) is 0 Å². The van der Waals surface area contributed by atoms with Crippen molar-refractivity contribution in [3.63, 3.8) is 0 Å². The van der Waals surface area contributed by atoms with Crippen LogP contribution in [0.2, 0.25) is 0 Å².